The highest BCUT2D eigenvalue weighted by Crippen LogP contribution is 2.18. The lowest BCUT2D eigenvalue weighted by atomic mass is 9.97. The molecule has 0 unspecified atom stereocenters. The molecule has 1 aliphatic rings. The summed E-state index contributed by atoms with van der Waals surface area (Å²) in [5, 5.41) is 38.7. The van der Waals surface area contributed by atoms with E-state index in [2.05, 4.69) is 21.3 Å². The van der Waals surface area contributed by atoms with Crippen LogP contribution in [0.15, 0.2) is 0 Å². The Labute approximate surface area is 230 Å². The van der Waals surface area contributed by atoms with Gasteiger partial charge in [-0.2, -0.15) is 0 Å². The van der Waals surface area contributed by atoms with E-state index in [9.17, 15) is 38.7 Å². The highest BCUT2D eigenvalue weighted by atomic mass is 16.4. The van der Waals surface area contributed by atoms with Gasteiger partial charge in [-0.15, -0.1) is 0 Å². The summed E-state index contributed by atoms with van der Waals surface area (Å²) in [6.07, 6.45) is 1.26. The fourth-order valence-electron chi connectivity index (χ4n) is 3.83. The van der Waals surface area contributed by atoms with Crippen LogP contribution in [0, 0.1) is 5.92 Å². The third-order valence-electron chi connectivity index (χ3n) is 6.34. The van der Waals surface area contributed by atoms with Gasteiger partial charge >= 0.3 is 5.97 Å². The molecule has 0 aliphatic carbocycles. The third kappa shape index (κ3) is 10.4. The highest BCUT2D eigenvalue weighted by molar-refractivity contribution is 5.95. The topological polar surface area (TPSA) is 270 Å². The number of rotatable bonds is 16. The number of carboxylic acid groups (broad SMARTS) is 1. The molecule has 1 rings (SSSR count). The first-order valence-electron chi connectivity index (χ1n) is 12.8. The van der Waals surface area contributed by atoms with Gasteiger partial charge in [0.05, 0.1) is 32.8 Å². The highest BCUT2D eigenvalue weighted by Gasteiger charge is 2.37. The van der Waals surface area contributed by atoms with Crippen LogP contribution in [-0.2, 0) is 33.6 Å². The number of carbonyl (C=O) groups excluding carboxylic acids is 6. The largest absolute Gasteiger partial charge is 0.480 e. The molecule has 6 amide bonds. The Morgan fingerprint density at radius 1 is 0.900 bits per heavy atom. The predicted molar refractivity (Wildman–Crippen MR) is 137 cm³/mol. The number of hydrogen-bond acceptors (Lipinski definition) is 10. The van der Waals surface area contributed by atoms with Crippen LogP contribution in [-0.4, -0.2) is 125 Å². The van der Waals surface area contributed by atoms with E-state index in [1.165, 1.54) is 4.90 Å². The molecule has 1 heterocycles. The summed E-state index contributed by atoms with van der Waals surface area (Å²) in [5.41, 5.74) is 5.17. The minimum absolute atomic E-state index is 0.218. The molecule has 5 atom stereocenters. The first kappa shape index (κ1) is 34.2. The van der Waals surface area contributed by atoms with Crippen molar-refractivity contribution < 1.29 is 48.9 Å². The number of nitrogens with two attached hydrogens (primary N) is 1. The maximum Gasteiger partial charge on any atom is 0.328 e. The lowest BCUT2D eigenvalue weighted by Crippen LogP contribution is -2.57. The molecule has 40 heavy (non-hydrogen) atoms. The molecule has 1 saturated heterocycles. The Hall–Kier alpha value is -3.83. The van der Waals surface area contributed by atoms with Gasteiger partial charge in [0.25, 0.3) is 0 Å². The van der Waals surface area contributed by atoms with Crippen molar-refractivity contribution in [2.75, 3.05) is 39.4 Å². The molecule has 0 aromatic rings. The van der Waals surface area contributed by atoms with Crippen LogP contribution in [0.25, 0.3) is 0 Å². The van der Waals surface area contributed by atoms with Gasteiger partial charge in [0.15, 0.2) is 0 Å². The van der Waals surface area contributed by atoms with Gasteiger partial charge in [0, 0.05) is 6.54 Å². The molecule has 0 bridgehead atoms. The third-order valence-corrected chi connectivity index (χ3v) is 6.34. The lowest BCUT2D eigenvalue weighted by Gasteiger charge is -2.28. The quantitative estimate of drug-likeness (QED) is 0.0841. The molecular weight excluding hydrogens is 534 g/mol. The second-order valence-electron chi connectivity index (χ2n) is 9.20. The normalized spacial score (nSPS) is 17.5. The standard InChI is InChI=1S/C23H39N7O10/c1-3-12(2)19(22(38)25-8-17(34)28-14(11-32)23(39)40)29-21(37)15-5-4-6-30(15)18(35)9-26-20(36)13(10-31)27-16(33)7-24/h12-15,19,31-32H,3-11,24H2,1-2H3,(H,25,38)(H,26,36)(H,27,33)(H,28,34)(H,29,37)(H,39,40)/t12-,13-,14-,15-,19-/m0/s1. The second kappa shape index (κ2) is 17.0. The number of hydrogen-bond donors (Lipinski definition) is 9. The molecular formula is C23H39N7O10. The maximum atomic E-state index is 13.1. The van der Waals surface area contributed by atoms with E-state index in [4.69, 9.17) is 15.9 Å². The fourth-order valence-corrected chi connectivity index (χ4v) is 3.83. The molecule has 0 radical (unpaired) electrons. The molecule has 226 valence electrons. The molecule has 0 aromatic carbocycles. The minimum Gasteiger partial charge on any atom is -0.480 e. The van der Waals surface area contributed by atoms with Gasteiger partial charge in [-0.3, -0.25) is 28.8 Å². The Morgan fingerprint density at radius 3 is 2.05 bits per heavy atom. The molecule has 0 aromatic heterocycles. The van der Waals surface area contributed by atoms with Crippen LogP contribution in [0.2, 0.25) is 0 Å². The van der Waals surface area contributed by atoms with Crippen molar-refractivity contribution in [3.63, 3.8) is 0 Å². The van der Waals surface area contributed by atoms with E-state index in [0.717, 1.165) is 0 Å². The van der Waals surface area contributed by atoms with Crippen molar-refractivity contribution >= 4 is 41.4 Å². The molecule has 0 saturated carbocycles. The minimum atomic E-state index is -1.54. The fraction of sp³-hybridized carbons (Fsp3) is 0.696. The van der Waals surface area contributed by atoms with Gasteiger partial charge in [-0.1, -0.05) is 20.3 Å². The number of aliphatic hydroxyl groups is 2. The van der Waals surface area contributed by atoms with E-state index in [-0.39, 0.29) is 12.5 Å². The van der Waals surface area contributed by atoms with E-state index in [1.807, 2.05) is 5.32 Å². The number of carbonyl (C=O) groups is 7. The van der Waals surface area contributed by atoms with Crippen LogP contribution in [0.3, 0.4) is 0 Å². The number of carboxylic acids is 1. The van der Waals surface area contributed by atoms with Crippen molar-refractivity contribution in [2.45, 2.75) is 57.3 Å². The van der Waals surface area contributed by atoms with Gasteiger partial charge in [-0.25, -0.2) is 4.79 Å². The smallest absolute Gasteiger partial charge is 0.328 e. The van der Waals surface area contributed by atoms with Crippen molar-refractivity contribution in [1.29, 1.82) is 0 Å². The summed E-state index contributed by atoms with van der Waals surface area (Å²) in [6.45, 7) is 0.641. The van der Waals surface area contributed by atoms with Gasteiger partial charge in [0.2, 0.25) is 35.4 Å². The van der Waals surface area contributed by atoms with Crippen molar-refractivity contribution in [1.82, 2.24) is 31.5 Å². The van der Waals surface area contributed by atoms with Crippen LogP contribution in [0.1, 0.15) is 33.1 Å². The average Bonchev–Trinajstić information content (AvgIpc) is 3.44. The first-order chi connectivity index (χ1) is 18.9. The van der Waals surface area contributed by atoms with E-state index in [1.54, 1.807) is 13.8 Å². The molecule has 17 heteroatoms. The van der Waals surface area contributed by atoms with Crippen LogP contribution in [0.4, 0.5) is 0 Å². The number of aliphatic hydroxyl groups excluding tert-OH is 2. The number of likely N-dealkylation sites (tertiary alicyclic amines) is 1. The summed E-state index contributed by atoms with van der Waals surface area (Å²) in [4.78, 5) is 86.5. The molecule has 0 spiro atoms. The lowest BCUT2D eigenvalue weighted by molar-refractivity contribution is -0.143. The predicted octanol–water partition coefficient (Wildman–Crippen LogP) is -5.26. The monoisotopic (exact) mass is 573 g/mol. The van der Waals surface area contributed by atoms with Gasteiger partial charge < -0.3 is 52.5 Å². The zero-order valence-corrected chi connectivity index (χ0v) is 22.5. The Balaban J connectivity index is 2.78. The SMILES string of the molecule is CC[C@H](C)[C@H](NC(=O)[C@@H]1CCCN1C(=O)CNC(=O)[C@H](CO)NC(=O)CN)C(=O)NCC(=O)N[C@@H](CO)C(=O)O. The van der Waals surface area contributed by atoms with Crippen molar-refractivity contribution in [2.24, 2.45) is 11.7 Å². The van der Waals surface area contributed by atoms with Crippen molar-refractivity contribution in [3.8, 4) is 0 Å². The van der Waals surface area contributed by atoms with Crippen LogP contribution in [0.5, 0.6) is 0 Å². The van der Waals surface area contributed by atoms with Gasteiger partial charge in [-0.05, 0) is 18.8 Å². The molecule has 1 fully saturated rings. The van der Waals surface area contributed by atoms with Crippen LogP contribution < -0.4 is 32.3 Å². The van der Waals surface area contributed by atoms with E-state index >= 15 is 0 Å². The summed E-state index contributed by atoms with van der Waals surface area (Å²) < 4.78 is 0. The summed E-state index contributed by atoms with van der Waals surface area (Å²) in [6, 6.07) is -4.85. The Morgan fingerprint density at radius 2 is 1.50 bits per heavy atom. The number of nitrogens with one attached hydrogen (secondary N) is 5. The van der Waals surface area contributed by atoms with Crippen molar-refractivity contribution in [3.05, 3.63) is 0 Å². The van der Waals surface area contributed by atoms with Gasteiger partial charge in [0.1, 0.15) is 24.2 Å². The molecule has 1 aliphatic heterocycles. The first-order valence-corrected chi connectivity index (χ1v) is 12.8. The summed E-state index contributed by atoms with van der Waals surface area (Å²) in [5.74, 6) is -6.08. The van der Waals surface area contributed by atoms with E-state index < -0.39 is 98.4 Å². The summed E-state index contributed by atoms with van der Waals surface area (Å²) in [7, 11) is 0. The Bertz CT molecular complexity index is 947. The molecule has 17 nitrogen and oxygen atoms in total. The zero-order chi connectivity index (χ0) is 30.4. The van der Waals surface area contributed by atoms with Crippen LogP contribution >= 0.6 is 0 Å². The Kier molecular flexibility index (Phi) is 14.5. The number of amides is 6. The second-order valence-corrected chi connectivity index (χ2v) is 9.20. The van der Waals surface area contributed by atoms with E-state index in [0.29, 0.717) is 19.3 Å². The maximum absolute atomic E-state index is 13.1. The zero-order valence-electron chi connectivity index (χ0n) is 22.5. The molecule has 10 N–H and O–H groups in total. The number of nitrogens with zero attached hydrogens (tertiary/aromatic N) is 1. The number of aliphatic carboxylic acids is 1. The average molecular weight is 574 g/mol. The summed E-state index contributed by atoms with van der Waals surface area (Å²) >= 11 is 0.